The fraction of sp³-hybridized carbons (Fsp3) is 0.524. The van der Waals surface area contributed by atoms with Crippen molar-refractivity contribution >= 4 is 47.2 Å². The molecule has 4 rings (SSSR count). The maximum atomic E-state index is 12.4. The van der Waals surface area contributed by atoms with Gasteiger partial charge in [0, 0.05) is 63.8 Å². The Morgan fingerprint density at radius 2 is 2.00 bits per heavy atom. The van der Waals surface area contributed by atoms with E-state index in [1.165, 1.54) is 11.8 Å². The summed E-state index contributed by atoms with van der Waals surface area (Å²) in [5.41, 5.74) is 1.48. The summed E-state index contributed by atoms with van der Waals surface area (Å²) in [4.78, 5) is 25.0. The van der Waals surface area contributed by atoms with Gasteiger partial charge in [-0.05, 0) is 42.5 Å². The molecule has 0 saturated carbocycles. The summed E-state index contributed by atoms with van der Waals surface area (Å²) in [6.07, 6.45) is 2.69. The zero-order valence-corrected chi connectivity index (χ0v) is 20.7. The molecule has 7 nitrogen and oxygen atoms in total. The number of guanidine groups is 1. The second-order valence-corrected chi connectivity index (χ2v) is 8.62. The predicted octanol–water partition coefficient (Wildman–Crippen LogP) is 2.74. The van der Waals surface area contributed by atoms with Gasteiger partial charge < -0.3 is 19.5 Å². The van der Waals surface area contributed by atoms with E-state index in [1.807, 2.05) is 23.3 Å². The molecule has 164 valence electrons. The number of halogens is 1. The first-order valence-corrected chi connectivity index (χ1v) is 11.1. The van der Waals surface area contributed by atoms with Crippen molar-refractivity contribution in [1.82, 2.24) is 20.0 Å². The van der Waals surface area contributed by atoms with Crippen molar-refractivity contribution in [3.05, 3.63) is 46.0 Å². The first-order valence-electron chi connectivity index (χ1n) is 10.2. The van der Waals surface area contributed by atoms with E-state index >= 15 is 0 Å². The van der Waals surface area contributed by atoms with Crippen LogP contribution in [0.5, 0.6) is 0 Å². The molecule has 1 N–H and O–H groups in total. The molecule has 0 bridgehead atoms. The van der Waals surface area contributed by atoms with E-state index in [9.17, 15) is 4.79 Å². The van der Waals surface area contributed by atoms with E-state index in [-0.39, 0.29) is 29.9 Å². The van der Waals surface area contributed by atoms with Gasteiger partial charge in [0.05, 0.1) is 6.26 Å². The Kier molecular flexibility index (Phi) is 8.18. The van der Waals surface area contributed by atoms with Crippen molar-refractivity contribution in [3.8, 4) is 0 Å². The summed E-state index contributed by atoms with van der Waals surface area (Å²) in [7, 11) is 1.83. The number of thiophene rings is 1. The molecule has 2 aliphatic rings. The molecule has 1 saturated heterocycles. The third kappa shape index (κ3) is 5.17. The highest BCUT2D eigenvalue weighted by Crippen LogP contribution is 2.25. The van der Waals surface area contributed by atoms with E-state index in [2.05, 4.69) is 38.5 Å². The molecule has 2 aromatic rings. The van der Waals surface area contributed by atoms with Crippen LogP contribution in [-0.4, -0.2) is 78.9 Å². The van der Waals surface area contributed by atoms with E-state index in [0.717, 1.165) is 45.1 Å². The summed E-state index contributed by atoms with van der Waals surface area (Å²) < 4.78 is 5.24. The average Bonchev–Trinajstić information content (AvgIpc) is 3.45. The van der Waals surface area contributed by atoms with Crippen LogP contribution in [0.25, 0.3) is 0 Å². The molecule has 0 aliphatic carbocycles. The first kappa shape index (κ1) is 23.1. The van der Waals surface area contributed by atoms with Crippen LogP contribution in [0.4, 0.5) is 0 Å². The highest BCUT2D eigenvalue weighted by Gasteiger charge is 2.26. The van der Waals surface area contributed by atoms with Gasteiger partial charge in [-0.25, -0.2) is 0 Å². The predicted molar refractivity (Wildman–Crippen MR) is 131 cm³/mol. The number of rotatable bonds is 4. The van der Waals surface area contributed by atoms with Crippen LogP contribution in [0, 0.1) is 0 Å². The maximum absolute atomic E-state index is 12.4. The lowest BCUT2D eigenvalue weighted by Gasteiger charge is -2.37. The molecule has 30 heavy (non-hydrogen) atoms. The van der Waals surface area contributed by atoms with Crippen molar-refractivity contribution in [1.29, 1.82) is 0 Å². The Balaban J connectivity index is 0.00000256. The summed E-state index contributed by atoms with van der Waals surface area (Å²) >= 11 is 1.88. The molecule has 1 unspecified atom stereocenters. The number of aliphatic imine (C=N–C) groups is 1. The SMILES string of the molecule is CN=C(NCC(C)N1CCc2sccc2C1)N1CCN(C(=O)c2ccco2)CC1.I. The van der Waals surface area contributed by atoms with Gasteiger partial charge >= 0.3 is 0 Å². The number of piperazine rings is 1. The number of hydrogen-bond donors (Lipinski definition) is 1. The Hall–Kier alpha value is -1.59. The van der Waals surface area contributed by atoms with Crippen LogP contribution in [0.3, 0.4) is 0 Å². The molecule has 2 aliphatic heterocycles. The van der Waals surface area contributed by atoms with Gasteiger partial charge in [0.25, 0.3) is 5.91 Å². The van der Waals surface area contributed by atoms with Crippen LogP contribution < -0.4 is 5.32 Å². The van der Waals surface area contributed by atoms with Crippen molar-refractivity contribution in [3.63, 3.8) is 0 Å². The summed E-state index contributed by atoms with van der Waals surface area (Å²) in [5.74, 6) is 1.28. The van der Waals surface area contributed by atoms with Gasteiger partial charge in [0.1, 0.15) is 0 Å². The van der Waals surface area contributed by atoms with E-state index < -0.39 is 0 Å². The molecule has 0 radical (unpaired) electrons. The molecule has 1 amide bonds. The third-order valence-electron chi connectivity index (χ3n) is 5.83. The minimum atomic E-state index is -0.0379. The number of amides is 1. The number of hydrogen-bond acceptors (Lipinski definition) is 5. The normalized spacial score (nSPS) is 18.5. The average molecular weight is 543 g/mol. The quantitative estimate of drug-likeness (QED) is 0.365. The largest absolute Gasteiger partial charge is 0.459 e. The van der Waals surface area contributed by atoms with Crippen molar-refractivity contribution < 1.29 is 9.21 Å². The highest BCUT2D eigenvalue weighted by molar-refractivity contribution is 14.0. The van der Waals surface area contributed by atoms with E-state index in [1.54, 1.807) is 17.0 Å². The van der Waals surface area contributed by atoms with Gasteiger partial charge in [0.15, 0.2) is 11.7 Å². The number of carbonyl (C=O) groups excluding carboxylic acids is 1. The zero-order valence-electron chi connectivity index (χ0n) is 17.5. The molecule has 1 fully saturated rings. The Bertz CT molecular complexity index is 845. The lowest BCUT2D eigenvalue weighted by molar-refractivity contribution is 0.0657. The molecular weight excluding hydrogens is 513 g/mol. The molecule has 1 atom stereocenters. The van der Waals surface area contributed by atoms with Gasteiger partial charge in [-0.15, -0.1) is 35.3 Å². The number of nitrogens with one attached hydrogen (secondary N) is 1. The smallest absolute Gasteiger partial charge is 0.289 e. The van der Waals surface area contributed by atoms with E-state index in [0.29, 0.717) is 24.9 Å². The Labute approximate surface area is 199 Å². The second kappa shape index (κ2) is 10.6. The molecule has 2 aromatic heterocycles. The van der Waals surface area contributed by atoms with E-state index in [4.69, 9.17) is 4.42 Å². The number of carbonyl (C=O) groups is 1. The Morgan fingerprint density at radius 1 is 1.23 bits per heavy atom. The minimum absolute atomic E-state index is 0. The molecule has 0 aromatic carbocycles. The van der Waals surface area contributed by atoms with Gasteiger partial charge in [-0.3, -0.25) is 14.7 Å². The van der Waals surface area contributed by atoms with Crippen molar-refractivity contribution in [2.75, 3.05) is 46.3 Å². The second-order valence-electron chi connectivity index (χ2n) is 7.62. The number of furan rings is 1. The van der Waals surface area contributed by atoms with Crippen LogP contribution in [0.2, 0.25) is 0 Å². The lowest BCUT2D eigenvalue weighted by Crippen LogP contribution is -2.55. The van der Waals surface area contributed by atoms with Gasteiger partial charge in [-0.2, -0.15) is 0 Å². The summed E-state index contributed by atoms with van der Waals surface area (Å²) in [6.45, 7) is 8.16. The number of fused-ring (bicyclic) bond motifs is 1. The first-order chi connectivity index (χ1) is 14.2. The van der Waals surface area contributed by atoms with Gasteiger partial charge in [-0.1, -0.05) is 0 Å². The fourth-order valence-electron chi connectivity index (χ4n) is 4.02. The van der Waals surface area contributed by atoms with Gasteiger partial charge in [0.2, 0.25) is 0 Å². The van der Waals surface area contributed by atoms with Crippen LogP contribution in [-0.2, 0) is 13.0 Å². The van der Waals surface area contributed by atoms with Crippen LogP contribution >= 0.6 is 35.3 Å². The lowest BCUT2D eigenvalue weighted by atomic mass is 10.1. The van der Waals surface area contributed by atoms with Crippen LogP contribution in [0.15, 0.2) is 39.3 Å². The third-order valence-corrected chi connectivity index (χ3v) is 6.85. The summed E-state index contributed by atoms with van der Waals surface area (Å²) in [6, 6.07) is 6.16. The van der Waals surface area contributed by atoms with Crippen LogP contribution in [0.1, 0.15) is 27.9 Å². The zero-order chi connectivity index (χ0) is 20.2. The molecule has 4 heterocycles. The summed E-state index contributed by atoms with van der Waals surface area (Å²) in [5, 5.41) is 5.74. The number of nitrogens with zero attached hydrogens (tertiary/aromatic N) is 4. The molecule has 0 spiro atoms. The molecular formula is C21H30IN5O2S. The highest BCUT2D eigenvalue weighted by atomic mass is 127. The fourth-order valence-corrected chi connectivity index (χ4v) is 4.91. The maximum Gasteiger partial charge on any atom is 0.289 e. The van der Waals surface area contributed by atoms with Crippen molar-refractivity contribution in [2.45, 2.75) is 25.9 Å². The molecule has 9 heteroatoms. The topological polar surface area (TPSA) is 64.3 Å². The minimum Gasteiger partial charge on any atom is -0.459 e. The Morgan fingerprint density at radius 3 is 2.70 bits per heavy atom. The van der Waals surface area contributed by atoms with Crippen molar-refractivity contribution in [2.24, 2.45) is 4.99 Å². The monoisotopic (exact) mass is 543 g/mol. The standard InChI is InChI=1S/C21H29N5O2S.HI/c1-16(26-7-5-19-17(15-26)6-13-29-19)14-23-21(22-2)25-10-8-24(9-11-25)20(27)18-4-3-12-28-18;/h3-4,6,12-13,16H,5,7-11,14-15H2,1-2H3,(H,22,23);1H.